The van der Waals surface area contributed by atoms with Crippen molar-refractivity contribution >= 4 is 27.9 Å². The maximum Gasteiger partial charge on any atom is 0.183 e. The van der Waals surface area contributed by atoms with Gasteiger partial charge in [-0.1, -0.05) is 48.5 Å². The van der Waals surface area contributed by atoms with Gasteiger partial charge in [0.15, 0.2) is 11.5 Å². The maximum atomic E-state index is 4.39. The average Bonchev–Trinajstić information content (AvgIpc) is 3.19. The van der Waals surface area contributed by atoms with Crippen LogP contribution in [0.2, 0.25) is 0 Å². The number of para-hydroxylation sites is 1. The van der Waals surface area contributed by atoms with E-state index in [9.17, 15) is 0 Å². The smallest absolute Gasteiger partial charge is 0.183 e. The van der Waals surface area contributed by atoms with Gasteiger partial charge >= 0.3 is 0 Å². The number of hydrogen-bond acceptors (Lipinski definition) is 5. The summed E-state index contributed by atoms with van der Waals surface area (Å²) in [5.41, 5.74) is 4.89. The zero-order chi connectivity index (χ0) is 18.8. The molecular formula is C22H18N6. The molecule has 5 aromatic rings. The third-order valence-corrected chi connectivity index (χ3v) is 4.94. The second kappa shape index (κ2) is 7.08. The highest BCUT2D eigenvalue weighted by Gasteiger charge is 2.19. The Kier molecular flexibility index (Phi) is 4.14. The van der Waals surface area contributed by atoms with Gasteiger partial charge in [0.1, 0.15) is 11.8 Å². The van der Waals surface area contributed by atoms with Crippen molar-refractivity contribution in [1.29, 1.82) is 0 Å². The molecule has 3 heterocycles. The SMILES string of the molecule is c1ccc(C(CNc2ncnc3nccnc23)c2c[nH]c3ccccc23)cc1. The molecule has 28 heavy (non-hydrogen) atoms. The third kappa shape index (κ3) is 2.95. The van der Waals surface area contributed by atoms with Crippen LogP contribution >= 0.6 is 0 Å². The maximum absolute atomic E-state index is 4.39. The number of rotatable bonds is 5. The van der Waals surface area contributed by atoms with Crippen molar-refractivity contribution in [3.8, 4) is 0 Å². The van der Waals surface area contributed by atoms with E-state index >= 15 is 0 Å². The van der Waals surface area contributed by atoms with Crippen LogP contribution in [0.15, 0.2) is 79.5 Å². The second-order valence-electron chi connectivity index (χ2n) is 6.58. The van der Waals surface area contributed by atoms with E-state index in [2.05, 4.69) is 78.9 Å². The first-order chi connectivity index (χ1) is 13.9. The zero-order valence-electron chi connectivity index (χ0n) is 15.1. The molecule has 6 heteroatoms. The molecule has 1 unspecified atom stereocenters. The number of fused-ring (bicyclic) bond motifs is 2. The summed E-state index contributed by atoms with van der Waals surface area (Å²) < 4.78 is 0. The topological polar surface area (TPSA) is 79.4 Å². The van der Waals surface area contributed by atoms with Crippen molar-refractivity contribution in [2.24, 2.45) is 0 Å². The number of benzene rings is 2. The van der Waals surface area contributed by atoms with Gasteiger partial charge in [-0.2, -0.15) is 0 Å². The molecule has 0 aliphatic heterocycles. The molecule has 2 N–H and O–H groups in total. The third-order valence-electron chi connectivity index (χ3n) is 4.94. The van der Waals surface area contributed by atoms with E-state index in [1.165, 1.54) is 22.8 Å². The number of H-pyrrole nitrogens is 1. The van der Waals surface area contributed by atoms with Gasteiger partial charge in [-0.3, -0.25) is 0 Å². The van der Waals surface area contributed by atoms with Gasteiger partial charge in [0, 0.05) is 42.0 Å². The molecule has 3 aromatic heterocycles. The Labute approximate surface area is 161 Å². The van der Waals surface area contributed by atoms with Crippen LogP contribution in [-0.4, -0.2) is 31.5 Å². The first-order valence-corrected chi connectivity index (χ1v) is 9.17. The van der Waals surface area contributed by atoms with Crippen LogP contribution in [0.3, 0.4) is 0 Å². The Hall–Kier alpha value is -3.80. The van der Waals surface area contributed by atoms with Crippen molar-refractivity contribution < 1.29 is 0 Å². The predicted molar refractivity (Wildman–Crippen MR) is 110 cm³/mol. The summed E-state index contributed by atoms with van der Waals surface area (Å²) in [6.07, 6.45) is 6.91. The normalized spacial score (nSPS) is 12.3. The van der Waals surface area contributed by atoms with Gasteiger partial charge in [0.2, 0.25) is 0 Å². The summed E-state index contributed by atoms with van der Waals surface area (Å²) in [6, 6.07) is 18.9. The van der Waals surface area contributed by atoms with Crippen molar-refractivity contribution in [1.82, 2.24) is 24.9 Å². The summed E-state index contributed by atoms with van der Waals surface area (Å²) in [6.45, 7) is 0.675. The number of nitrogens with zero attached hydrogens (tertiary/aromatic N) is 4. The van der Waals surface area contributed by atoms with Crippen LogP contribution in [0, 0.1) is 0 Å². The fraction of sp³-hybridized carbons (Fsp3) is 0.0909. The average molecular weight is 366 g/mol. The van der Waals surface area contributed by atoms with Gasteiger partial charge in [-0.05, 0) is 17.2 Å². The number of nitrogens with one attached hydrogen (secondary N) is 2. The molecule has 0 spiro atoms. The first kappa shape index (κ1) is 16.4. The monoisotopic (exact) mass is 366 g/mol. The van der Waals surface area contributed by atoms with Gasteiger partial charge in [0.25, 0.3) is 0 Å². The highest BCUT2D eigenvalue weighted by atomic mass is 15.1. The minimum atomic E-state index is 0.152. The summed E-state index contributed by atoms with van der Waals surface area (Å²) in [4.78, 5) is 20.6. The molecule has 136 valence electrons. The highest BCUT2D eigenvalue weighted by molar-refractivity contribution is 5.84. The van der Waals surface area contributed by atoms with Gasteiger partial charge in [0.05, 0.1) is 0 Å². The number of anilines is 1. The fourth-order valence-electron chi connectivity index (χ4n) is 3.60. The van der Waals surface area contributed by atoms with Gasteiger partial charge in [-0.15, -0.1) is 0 Å². The summed E-state index contributed by atoms with van der Waals surface area (Å²) in [5, 5.41) is 4.70. The Morgan fingerprint density at radius 2 is 1.68 bits per heavy atom. The fourth-order valence-corrected chi connectivity index (χ4v) is 3.60. The molecule has 0 bridgehead atoms. The molecule has 0 saturated heterocycles. The molecule has 0 radical (unpaired) electrons. The molecule has 2 aromatic carbocycles. The summed E-state index contributed by atoms with van der Waals surface area (Å²) in [7, 11) is 0. The van der Waals surface area contributed by atoms with Crippen molar-refractivity contribution in [3.63, 3.8) is 0 Å². The number of aromatic nitrogens is 5. The summed E-state index contributed by atoms with van der Waals surface area (Å²) in [5.74, 6) is 0.845. The molecule has 0 fully saturated rings. The Balaban J connectivity index is 1.54. The lowest BCUT2D eigenvalue weighted by atomic mass is 9.91. The van der Waals surface area contributed by atoms with Gasteiger partial charge in [-0.25, -0.2) is 19.9 Å². The minimum absolute atomic E-state index is 0.152. The highest BCUT2D eigenvalue weighted by Crippen LogP contribution is 2.31. The van der Waals surface area contributed by atoms with Crippen molar-refractivity contribution in [2.75, 3.05) is 11.9 Å². The van der Waals surface area contributed by atoms with E-state index < -0.39 is 0 Å². The van der Waals surface area contributed by atoms with Crippen LogP contribution < -0.4 is 5.32 Å². The van der Waals surface area contributed by atoms with E-state index in [1.807, 2.05) is 12.1 Å². The quantitative estimate of drug-likeness (QED) is 0.489. The lowest BCUT2D eigenvalue weighted by molar-refractivity contribution is 0.855. The Morgan fingerprint density at radius 1 is 0.857 bits per heavy atom. The number of aromatic amines is 1. The molecule has 6 nitrogen and oxygen atoms in total. The lowest BCUT2D eigenvalue weighted by Crippen LogP contribution is -2.15. The van der Waals surface area contributed by atoms with E-state index in [1.54, 1.807) is 12.4 Å². The molecular weight excluding hydrogens is 348 g/mol. The molecule has 0 saturated carbocycles. The van der Waals surface area contributed by atoms with Crippen LogP contribution in [0.4, 0.5) is 5.82 Å². The van der Waals surface area contributed by atoms with E-state index in [-0.39, 0.29) is 5.92 Å². The van der Waals surface area contributed by atoms with E-state index in [0.717, 1.165) is 5.52 Å². The van der Waals surface area contributed by atoms with Crippen LogP contribution in [0.25, 0.3) is 22.1 Å². The van der Waals surface area contributed by atoms with Crippen molar-refractivity contribution in [3.05, 3.63) is 90.6 Å². The molecule has 0 amide bonds. The minimum Gasteiger partial charge on any atom is -0.367 e. The Bertz CT molecular complexity index is 1230. The van der Waals surface area contributed by atoms with E-state index in [0.29, 0.717) is 23.5 Å². The van der Waals surface area contributed by atoms with Crippen molar-refractivity contribution in [2.45, 2.75) is 5.92 Å². The standard InChI is InChI=1S/C22H18N6/c1-2-6-15(7-3-1)17(18-13-25-19-9-5-4-8-16(18)19)12-26-22-20-21(27-14-28-22)24-11-10-23-20/h1-11,13-14,17,25H,12H2,(H,24,26,27,28). The summed E-state index contributed by atoms with van der Waals surface area (Å²) >= 11 is 0. The second-order valence-corrected chi connectivity index (χ2v) is 6.58. The van der Waals surface area contributed by atoms with E-state index in [4.69, 9.17) is 0 Å². The molecule has 0 aliphatic rings. The van der Waals surface area contributed by atoms with Gasteiger partial charge < -0.3 is 10.3 Å². The molecule has 0 aliphatic carbocycles. The molecule has 5 rings (SSSR count). The zero-order valence-corrected chi connectivity index (χ0v) is 15.1. The number of hydrogen-bond donors (Lipinski definition) is 2. The Morgan fingerprint density at radius 3 is 2.61 bits per heavy atom. The van der Waals surface area contributed by atoms with Crippen LogP contribution in [0.1, 0.15) is 17.0 Å². The first-order valence-electron chi connectivity index (χ1n) is 9.17. The van der Waals surface area contributed by atoms with Crippen LogP contribution in [0.5, 0.6) is 0 Å². The van der Waals surface area contributed by atoms with Crippen LogP contribution in [-0.2, 0) is 0 Å². The predicted octanol–water partition coefficient (Wildman–Crippen LogP) is 4.15. The lowest BCUT2D eigenvalue weighted by Gasteiger charge is -2.18. The molecule has 1 atom stereocenters. The largest absolute Gasteiger partial charge is 0.367 e.